The fourth-order valence-electron chi connectivity index (χ4n) is 2.29. The Bertz CT molecular complexity index is 490. The van der Waals surface area contributed by atoms with E-state index in [9.17, 15) is 9.59 Å². The highest BCUT2D eigenvalue weighted by atomic mass is 32.2. The summed E-state index contributed by atoms with van der Waals surface area (Å²) in [5.41, 5.74) is 0.985. The van der Waals surface area contributed by atoms with Crippen LogP contribution in [0.4, 0.5) is 0 Å². The van der Waals surface area contributed by atoms with Crippen LogP contribution in [-0.2, 0) is 15.3 Å². The standard InChI is InChI=1S/C13H18N2O3S2/c1-9-14-10(7-20-9)6-19-8-12(16)15-5-3-2-4-11(15)13(17)18/h7,11H,2-6,8H2,1H3,(H,17,18)/t11-/m0/s1. The maximum Gasteiger partial charge on any atom is 0.326 e. The molecule has 110 valence electrons. The van der Waals surface area contributed by atoms with Gasteiger partial charge in [-0.05, 0) is 26.2 Å². The summed E-state index contributed by atoms with van der Waals surface area (Å²) in [6, 6.07) is -0.640. The van der Waals surface area contributed by atoms with Crippen molar-refractivity contribution in [2.45, 2.75) is 38.0 Å². The minimum absolute atomic E-state index is 0.0750. The number of aromatic nitrogens is 1. The number of carboxylic acid groups (broad SMARTS) is 1. The fraction of sp³-hybridized carbons (Fsp3) is 0.615. The van der Waals surface area contributed by atoms with E-state index < -0.39 is 12.0 Å². The van der Waals surface area contributed by atoms with Crippen molar-refractivity contribution in [2.75, 3.05) is 12.3 Å². The van der Waals surface area contributed by atoms with Crippen LogP contribution in [0, 0.1) is 6.92 Å². The molecule has 1 aliphatic heterocycles. The van der Waals surface area contributed by atoms with E-state index in [1.54, 1.807) is 11.3 Å². The number of carboxylic acids is 1. The van der Waals surface area contributed by atoms with Gasteiger partial charge in [-0.25, -0.2) is 9.78 Å². The molecule has 1 amide bonds. The second-order valence-electron chi connectivity index (χ2n) is 4.79. The molecule has 0 radical (unpaired) electrons. The number of amides is 1. The molecular weight excluding hydrogens is 296 g/mol. The average molecular weight is 314 g/mol. The fourth-order valence-corrected chi connectivity index (χ4v) is 3.80. The van der Waals surface area contributed by atoms with Crippen molar-refractivity contribution in [1.82, 2.24) is 9.88 Å². The average Bonchev–Trinajstić information content (AvgIpc) is 2.84. The Balaban J connectivity index is 1.82. The molecule has 0 aromatic carbocycles. The number of rotatable bonds is 5. The first kappa shape index (κ1) is 15.3. The lowest BCUT2D eigenvalue weighted by molar-refractivity contribution is -0.150. The number of thiazole rings is 1. The van der Waals surface area contributed by atoms with Gasteiger partial charge < -0.3 is 10.0 Å². The molecule has 1 N–H and O–H groups in total. The van der Waals surface area contributed by atoms with Gasteiger partial charge in [-0.2, -0.15) is 0 Å². The summed E-state index contributed by atoms with van der Waals surface area (Å²) < 4.78 is 0. The smallest absolute Gasteiger partial charge is 0.326 e. The van der Waals surface area contributed by atoms with E-state index in [0.717, 1.165) is 23.5 Å². The monoisotopic (exact) mass is 314 g/mol. The zero-order valence-electron chi connectivity index (χ0n) is 11.4. The van der Waals surface area contributed by atoms with Crippen LogP contribution < -0.4 is 0 Å². The van der Waals surface area contributed by atoms with E-state index in [1.165, 1.54) is 16.7 Å². The Morgan fingerprint density at radius 2 is 2.35 bits per heavy atom. The summed E-state index contributed by atoms with van der Waals surface area (Å²) in [5.74, 6) is 0.0504. The van der Waals surface area contributed by atoms with Crippen LogP contribution >= 0.6 is 23.1 Å². The number of carbonyl (C=O) groups is 2. The van der Waals surface area contributed by atoms with Crippen molar-refractivity contribution in [3.8, 4) is 0 Å². The van der Waals surface area contributed by atoms with Gasteiger partial charge in [0.2, 0.25) is 5.91 Å². The van der Waals surface area contributed by atoms with Crippen LogP contribution in [0.5, 0.6) is 0 Å². The normalized spacial score (nSPS) is 19.1. The first-order valence-corrected chi connectivity index (χ1v) is 8.62. The van der Waals surface area contributed by atoms with Gasteiger partial charge >= 0.3 is 5.97 Å². The molecule has 0 bridgehead atoms. The number of hydrogen-bond donors (Lipinski definition) is 1. The third kappa shape index (κ3) is 3.96. The van der Waals surface area contributed by atoms with Gasteiger partial charge in [0.15, 0.2) is 0 Å². The van der Waals surface area contributed by atoms with Crippen LogP contribution in [-0.4, -0.2) is 45.2 Å². The molecule has 0 spiro atoms. The van der Waals surface area contributed by atoms with Crippen LogP contribution in [0.15, 0.2) is 5.38 Å². The minimum atomic E-state index is -0.891. The molecule has 1 atom stereocenters. The molecular formula is C13H18N2O3S2. The van der Waals surface area contributed by atoms with Gasteiger partial charge in [0.05, 0.1) is 16.5 Å². The summed E-state index contributed by atoms with van der Waals surface area (Å²) in [6.07, 6.45) is 2.34. The van der Waals surface area contributed by atoms with Gasteiger partial charge in [0, 0.05) is 17.7 Å². The highest BCUT2D eigenvalue weighted by Crippen LogP contribution is 2.20. The number of piperidine rings is 1. The van der Waals surface area contributed by atoms with E-state index >= 15 is 0 Å². The van der Waals surface area contributed by atoms with Crippen molar-refractivity contribution in [1.29, 1.82) is 0 Å². The Morgan fingerprint density at radius 1 is 1.55 bits per heavy atom. The largest absolute Gasteiger partial charge is 0.480 e. The minimum Gasteiger partial charge on any atom is -0.480 e. The van der Waals surface area contributed by atoms with Crippen molar-refractivity contribution in [2.24, 2.45) is 0 Å². The third-order valence-electron chi connectivity index (χ3n) is 3.25. The number of hydrogen-bond acceptors (Lipinski definition) is 5. The number of nitrogens with zero attached hydrogens (tertiary/aromatic N) is 2. The van der Waals surface area contributed by atoms with Crippen molar-refractivity contribution >= 4 is 35.0 Å². The van der Waals surface area contributed by atoms with Crippen LogP contribution in [0.1, 0.15) is 30.0 Å². The Labute approximate surface area is 126 Å². The molecule has 7 heteroatoms. The van der Waals surface area contributed by atoms with Crippen molar-refractivity contribution in [3.05, 3.63) is 16.1 Å². The Hall–Kier alpha value is -1.08. The quantitative estimate of drug-likeness (QED) is 0.902. The van der Waals surface area contributed by atoms with Crippen molar-refractivity contribution in [3.63, 3.8) is 0 Å². The first-order valence-electron chi connectivity index (χ1n) is 6.59. The molecule has 0 aliphatic carbocycles. The van der Waals surface area contributed by atoms with Gasteiger partial charge in [-0.1, -0.05) is 0 Å². The lowest BCUT2D eigenvalue weighted by Gasteiger charge is -2.32. The molecule has 1 aromatic rings. The van der Waals surface area contributed by atoms with E-state index in [-0.39, 0.29) is 5.91 Å². The van der Waals surface area contributed by atoms with Gasteiger partial charge in [-0.15, -0.1) is 23.1 Å². The second-order valence-corrected chi connectivity index (χ2v) is 6.84. The van der Waals surface area contributed by atoms with Crippen LogP contribution in [0.2, 0.25) is 0 Å². The first-order chi connectivity index (χ1) is 9.58. The van der Waals surface area contributed by atoms with Crippen LogP contribution in [0.25, 0.3) is 0 Å². The summed E-state index contributed by atoms with van der Waals surface area (Å²) in [5, 5.41) is 12.2. The molecule has 20 heavy (non-hydrogen) atoms. The summed E-state index contributed by atoms with van der Waals surface area (Å²) in [6.45, 7) is 2.52. The molecule has 0 saturated carbocycles. The summed E-state index contributed by atoms with van der Waals surface area (Å²) in [7, 11) is 0. The molecule has 1 fully saturated rings. The highest BCUT2D eigenvalue weighted by molar-refractivity contribution is 7.99. The Morgan fingerprint density at radius 3 is 3.00 bits per heavy atom. The van der Waals surface area contributed by atoms with E-state index in [4.69, 9.17) is 5.11 Å². The molecule has 1 aromatic heterocycles. The van der Waals surface area contributed by atoms with Gasteiger partial charge in [-0.3, -0.25) is 4.79 Å². The predicted molar refractivity (Wildman–Crippen MR) is 80.0 cm³/mol. The zero-order valence-corrected chi connectivity index (χ0v) is 13.0. The zero-order chi connectivity index (χ0) is 14.5. The molecule has 2 heterocycles. The number of likely N-dealkylation sites (tertiary alicyclic amines) is 1. The highest BCUT2D eigenvalue weighted by Gasteiger charge is 2.31. The number of aryl methyl sites for hydroxylation is 1. The van der Waals surface area contributed by atoms with Gasteiger partial charge in [0.25, 0.3) is 0 Å². The Kier molecular flexibility index (Phi) is 5.42. The van der Waals surface area contributed by atoms with Crippen LogP contribution in [0.3, 0.4) is 0 Å². The van der Waals surface area contributed by atoms with E-state index in [0.29, 0.717) is 24.5 Å². The lowest BCUT2D eigenvalue weighted by atomic mass is 10.0. The maximum atomic E-state index is 12.1. The molecule has 0 unspecified atom stereocenters. The molecule has 1 saturated heterocycles. The topological polar surface area (TPSA) is 70.5 Å². The van der Waals surface area contributed by atoms with Crippen molar-refractivity contribution < 1.29 is 14.7 Å². The lowest BCUT2D eigenvalue weighted by Crippen LogP contribution is -2.48. The van der Waals surface area contributed by atoms with Gasteiger partial charge in [0.1, 0.15) is 6.04 Å². The SMILES string of the molecule is Cc1nc(CSCC(=O)N2CCCC[C@H]2C(=O)O)cs1. The maximum absolute atomic E-state index is 12.1. The molecule has 1 aliphatic rings. The number of thioether (sulfide) groups is 1. The molecule has 5 nitrogen and oxygen atoms in total. The number of aliphatic carboxylic acids is 1. The predicted octanol–water partition coefficient (Wildman–Crippen LogP) is 2.15. The third-order valence-corrected chi connectivity index (χ3v) is 5.02. The number of carbonyl (C=O) groups excluding carboxylic acids is 1. The second kappa shape index (κ2) is 7.08. The molecule has 2 rings (SSSR count). The summed E-state index contributed by atoms with van der Waals surface area (Å²) in [4.78, 5) is 29.2. The van der Waals surface area contributed by atoms with E-state index in [2.05, 4.69) is 4.98 Å². The van der Waals surface area contributed by atoms with E-state index in [1.807, 2.05) is 12.3 Å². The summed E-state index contributed by atoms with van der Waals surface area (Å²) >= 11 is 3.09.